The summed E-state index contributed by atoms with van der Waals surface area (Å²) in [6.07, 6.45) is 1.53. The van der Waals surface area contributed by atoms with Gasteiger partial charge in [-0.1, -0.05) is 29.8 Å². The second kappa shape index (κ2) is 7.71. The van der Waals surface area contributed by atoms with Crippen molar-refractivity contribution in [1.29, 1.82) is 0 Å². The van der Waals surface area contributed by atoms with Gasteiger partial charge in [0, 0.05) is 9.90 Å². The molecule has 0 spiro atoms. The normalized spacial score (nSPS) is 13.0. The fourth-order valence-electron chi connectivity index (χ4n) is 1.13. The molecule has 1 unspecified atom stereocenters. The molecule has 0 radical (unpaired) electrons. The minimum Gasteiger partial charge on any atom is -0.372 e. The van der Waals surface area contributed by atoms with E-state index in [1.165, 1.54) is 0 Å². The number of halogens is 1. The summed E-state index contributed by atoms with van der Waals surface area (Å²) in [5.41, 5.74) is -0.429. The predicted octanol–water partition coefficient (Wildman–Crippen LogP) is 2.62. The molecule has 0 aliphatic heterocycles. The Labute approximate surface area is 94.1 Å². The van der Waals surface area contributed by atoms with E-state index in [9.17, 15) is 4.57 Å². The van der Waals surface area contributed by atoms with Crippen LogP contribution in [0.1, 0.15) is 26.7 Å². The third kappa shape index (κ3) is 5.37. The van der Waals surface area contributed by atoms with Gasteiger partial charge in [-0.05, 0) is 12.8 Å². The van der Waals surface area contributed by atoms with Gasteiger partial charge in [0.15, 0.2) is 0 Å². The second-order valence-electron chi connectivity index (χ2n) is 2.94. The van der Waals surface area contributed by atoms with Crippen LogP contribution in [0, 0.1) is 0 Å². The molecule has 0 saturated heterocycles. The van der Waals surface area contributed by atoms with Crippen molar-refractivity contribution in [1.82, 2.24) is 0 Å². The van der Waals surface area contributed by atoms with Crippen molar-refractivity contribution in [2.24, 2.45) is 0 Å². The molecule has 0 rings (SSSR count). The quantitative estimate of drug-likeness (QED) is 0.551. The Morgan fingerprint density at radius 3 is 2.36 bits per heavy atom. The van der Waals surface area contributed by atoms with Gasteiger partial charge in [-0.2, -0.15) is 0 Å². The van der Waals surface area contributed by atoms with Gasteiger partial charge < -0.3 is 4.74 Å². The molecule has 0 aromatic carbocycles. The topological polar surface area (TPSA) is 55.8 Å². The molecule has 14 heavy (non-hydrogen) atoms. The molecule has 0 aromatic heterocycles. The van der Waals surface area contributed by atoms with Gasteiger partial charge in [0.2, 0.25) is 0 Å². The molecular formula is C8H17BrO4P+. The van der Waals surface area contributed by atoms with Crippen molar-refractivity contribution >= 4 is 24.2 Å². The molecule has 1 atom stereocenters. The first-order valence-corrected chi connectivity index (χ1v) is 6.84. The van der Waals surface area contributed by atoms with Gasteiger partial charge in [-0.25, -0.2) is 0 Å². The van der Waals surface area contributed by atoms with Gasteiger partial charge in [0.25, 0.3) is 0 Å². The Morgan fingerprint density at radius 2 is 2.00 bits per heavy atom. The number of alkyl halides is 1. The van der Waals surface area contributed by atoms with Crippen LogP contribution < -0.4 is 0 Å². The summed E-state index contributed by atoms with van der Waals surface area (Å²) in [5.74, 6) is 0. The van der Waals surface area contributed by atoms with E-state index < -0.39 is 13.9 Å². The maximum atomic E-state index is 10.4. The summed E-state index contributed by atoms with van der Waals surface area (Å²) in [6, 6.07) is 0. The third-order valence-corrected chi connectivity index (χ3v) is 2.89. The average molecular weight is 288 g/mol. The Kier molecular flexibility index (Phi) is 7.97. The van der Waals surface area contributed by atoms with Crippen molar-refractivity contribution in [3.63, 3.8) is 0 Å². The van der Waals surface area contributed by atoms with Crippen LogP contribution in [-0.2, 0) is 13.8 Å². The number of hydrogen-bond donors (Lipinski definition) is 1. The number of ether oxygens (including phenoxy) is 1. The zero-order valence-corrected chi connectivity index (χ0v) is 11.0. The average Bonchev–Trinajstić information content (AvgIpc) is 2.19. The van der Waals surface area contributed by atoms with E-state index in [1.54, 1.807) is 0 Å². The van der Waals surface area contributed by atoms with Gasteiger partial charge in [0.1, 0.15) is 6.61 Å². The van der Waals surface area contributed by atoms with Crippen LogP contribution in [0.15, 0.2) is 0 Å². The largest absolute Gasteiger partial charge is 0.694 e. The van der Waals surface area contributed by atoms with Gasteiger partial charge in [-0.15, -0.1) is 9.42 Å². The molecular weight excluding hydrogens is 271 g/mol. The van der Waals surface area contributed by atoms with Crippen LogP contribution in [0.5, 0.6) is 0 Å². The summed E-state index contributed by atoms with van der Waals surface area (Å²) in [4.78, 5) is 8.55. The lowest BCUT2D eigenvalue weighted by Gasteiger charge is -2.28. The Balaban J connectivity index is 4.13. The van der Waals surface area contributed by atoms with E-state index in [-0.39, 0.29) is 6.61 Å². The first kappa shape index (κ1) is 14.5. The van der Waals surface area contributed by atoms with E-state index in [0.717, 1.165) is 18.2 Å². The van der Waals surface area contributed by atoms with E-state index >= 15 is 0 Å². The van der Waals surface area contributed by atoms with Crippen molar-refractivity contribution < 1.29 is 18.7 Å². The molecule has 0 fully saturated rings. The second-order valence-corrected chi connectivity index (χ2v) is 4.47. The minimum atomic E-state index is -2.53. The lowest BCUT2D eigenvalue weighted by molar-refractivity contribution is -0.0719. The smallest absolute Gasteiger partial charge is 0.372 e. The van der Waals surface area contributed by atoms with Crippen molar-refractivity contribution in [3.8, 4) is 0 Å². The van der Waals surface area contributed by atoms with Crippen molar-refractivity contribution in [2.45, 2.75) is 32.3 Å². The highest BCUT2D eigenvalue weighted by Gasteiger charge is 2.31. The maximum Gasteiger partial charge on any atom is 0.694 e. The van der Waals surface area contributed by atoms with Gasteiger partial charge in [0.05, 0.1) is 12.2 Å². The highest BCUT2D eigenvalue weighted by molar-refractivity contribution is 9.09. The van der Waals surface area contributed by atoms with Crippen LogP contribution in [0.4, 0.5) is 0 Å². The van der Waals surface area contributed by atoms with Crippen LogP contribution in [-0.4, -0.2) is 29.0 Å². The van der Waals surface area contributed by atoms with E-state index in [2.05, 4.69) is 15.9 Å². The first-order chi connectivity index (χ1) is 6.60. The molecule has 4 nitrogen and oxygen atoms in total. The summed E-state index contributed by atoms with van der Waals surface area (Å²) >= 11 is 3.27. The molecule has 0 amide bonds. The summed E-state index contributed by atoms with van der Waals surface area (Å²) < 4.78 is 20.7. The highest BCUT2D eigenvalue weighted by atomic mass is 79.9. The Morgan fingerprint density at radius 1 is 1.43 bits per heavy atom. The van der Waals surface area contributed by atoms with Gasteiger partial charge >= 0.3 is 8.25 Å². The minimum absolute atomic E-state index is 0.165. The summed E-state index contributed by atoms with van der Waals surface area (Å²) in [7, 11) is -2.53. The molecule has 6 heteroatoms. The monoisotopic (exact) mass is 287 g/mol. The van der Waals surface area contributed by atoms with E-state index in [0.29, 0.717) is 6.61 Å². The summed E-state index contributed by atoms with van der Waals surface area (Å²) in [5, 5.41) is 0.750. The lowest BCUT2D eigenvalue weighted by atomic mass is 9.98. The molecule has 1 N–H and O–H groups in total. The SMILES string of the molecule is CCC(CC)(CO[P+](=O)O)OCCBr. The Bertz CT molecular complexity index is 173. The molecule has 0 aliphatic carbocycles. The number of rotatable bonds is 8. The standard InChI is InChI=1S/C8H16BrO4P/c1-3-8(4-2,12-6-5-9)7-13-14(10)11/h3-7H2,1-2H3/p+1. The maximum absolute atomic E-state index is 10.4. The lowest BCUT2D eigenvalue weighted by Crippen LogP contribution is -2.36. The van der Waals surface area contributed by atoms with Gasteiger partial charge in [-0.3, -0.25) is 0 Å². The summed E-state index contributed by atoms with van der Waals surface area (Å²) in [6.45, 7) is 4.70. The Hall–Kier alpha value is 0.460. The molecule has 84 valence electrons. The first-order valence-electron chi connectivity index (χ1n) is 4.59. The van der Waals surface area contributed by atoms with Crippen LogP contribution in [0.3, 0.4) is 0 Å². The van der Waals surface area contributed by atoms with Crippen LogP contribution >= 0.6 is 24.2 Å². The molecule has 0 aromatic rings. The third-order valence-electron chi connectivity index (χ3n) is 2.21. The molecule has 0 aliphatic rings. The fraction of sp³-hybridized carbons (Fsp3) is 1.00. The molecule has 0 heterocycles. The van der Waals surface area contributed by atoms with Crippen LogP contribution in [0.25, 0.3) is 0 Å². The number of hydrogen-bond acceptors (Lipinski definition) is 3. The fourth-order valence-corrected chi connectivity index (χ4v) is 1.64. The predicted molar refractivity (Wildman–Crippen MR) is 58.8 cm³/mol. The zero-order chi connectivity index (χ0) is 11.0. The van der Waals surface area contributed by atoms with Crippen molar-refractivity contribution in [2.75, 3.05) is 18.5 Å². The molecule has 0 saturated carbocycles. The van der Waals surface area contributed by atoms with E-state index in [4.69, 9.17) is 14.2 Å². The van der Waals surface area contributed by atoms with Crippen molar-refractivity contribution in [3.05, 3.63) is 0 Å². The highest BCUT2D eigenvalue weighted by Crippen LogP contribution is 2.26. The molecule has 0 bridgehead atoms. The van der Waals surface area contributed by atoms with Crippen LogP contribution in [0.2, 0.25) is 0 Å². The zero-order valence-electron chi connectivity index (χ0n) is 8.53. The van der Waals surface area contributed by atoms with E-state index in [1.807, 2.05) is 13.8 Å².